The molecule has 0 spiro atoms. The number of nitrogens with zero attached hydrogens (tertiary/aromatic N) is 2. The molecule has 3 nitrogen and oxygen atoms in total. The second-order valence-electron chi connectivity index (χ2n) is 19.9. The van der Waals surface area contributed by atoms with Crippen molar-refractivity contribution in [3.05, 3.63) is 294 Å². The minimum Gasteiger partial charge on any atom is -0.454 e. The first-order chi connectivity index (χ1) is 35.0. The van der Waals surface area contributed by atoms with Gasteiger partial charge in [-0.1, -0.05) is 208 Å². The highest BCUT2D eigenvalue weighted by Crippen LogP contribution is 2.61. The number of rotatable bonds is 8. The predicted octanol–water partition coefficient (Wildman–Crippen LogP) is 17.7. The highest BCUT2D eigenvalue weighted by atomic mass is 16.5. The normalized spacial score (nSPS) is 17.0. The van der Waals surface area contributed by atoms with Gasteiger partial charge in [-0.15, -0.1) is 0 Å². The summed E-state index contributed by atoms with van der Waals surface area (Å²) in [4.78, 5) is 4.84. The summed E-state index contributed by atoms with van der Waals surface area (Å²) in [5, 5.41) is 2.24. The summed E-state index contributed by atoms with van der Waals surface area (Å²) in [7, 11) is 0. The SMILES string of the molecule is CC1(C)c2ccccc2-c2ccc(N(C3=CC4C(C=C3)c3ccccc3C4(c3ccccc3)c3ccccc3)c3ccc4c5c(cccc35)-c3cccc(N(c5ccccc5)c5ccccc5)c3O4)cc21. The summed E-state index contributed by atoms with van der Waals surface area (Å²) in [5.41, 5.74) is 18.8. The van der Waals surface area contributed by atoms with Gasteiger partial charge in [-0.25, -0.2) is 0 Å². The Labute approximate surface area is 415 Å². The van der Waals surface area contributed by atoms with Crippen LogP contribution in [0.1, 0.15) is 53.1 Å². The highest BCUT2D eigenvalue weighted by Gasteiger charge is 2.53. The molecule has 1 aliphatic heterocycles. The van der Waals surface area contributed by atoms with E-state index in [0.29, 0.717) is 0 Å². The van der Waals surface area contributed by atoms with Crippen molar-refractivity contribution in [2.24, 2.45) is 5.92 Å². The van der Waals surface area contributed by atoms with Gasteiger partial charge in [0, 0.05) is 56.3 Å². The molecule has 0 radical (unpaired) electrons. The molecule has 14 rings (SSSR count). The van der Waals surface area contributed by atoms with E-state index < -0.39 is 5.41 Å². The van der Waals surface area contributed by atoms with Crippen LogP contribution >= 0.6 is 0 Å². The van der Waals surface area contributed by atoms with Gasteiger partial charge in [-0.3, -0.25) is 0 Å². The Bertz CT molecular complexity index is 3700. The molecule has 10 aromatic carbocycles. The fraction of sp³-hybridized carbons (Fsp3) is 0.0882. The maximum Gasteiger partial charge on any atom is 0.159 e. The van der Waals surface area contributed by atoms with Crippen LogP contribution in [0.5, 0.6) is 11.5 Å². The molecular weight excluding hydrogens is 861 g/mol. The molecule has 0 saturated heterocycles. The second kappa shape index (κ2) is 15.9. The van der Waals surface area contributed by atoms with Crippen molar-refractivity contribution in [2.75, 3.05) is 9.80 Å². The third kappa shape index (κ3) is 6.09. The molecule has 4 aliphatic rings. The first-order valence-corrected chi connectivity index (χ1v) is 24.9. The fourth-order valence-corrected chi connectivity index (χ4v) is 12.9. The maximum absolute atomic E-state index is 7.24. The van der Waals surface area contributed by atoms with Crippen molar-refractivity contribution in [3.63, 3.8) is 0 Å². The molecule has 10 aromatic rings. The molecule has 0 bridgehead atoms. The van der Waals surface area contributed by atoms with E-state index in [9.17, 15) is 0 Å². The molecule has 71 heavy (non-hydrogen) atoms. The zero-order valence-corrected chi connectivity index (χ0v) is 39.7. The summed E-state index contributed by atoms with van der Waals surface area (Å²) in [6.07, 6.45) is 7.49. The summed E-state index contributed by atoms with van der Waals surface area (Å²) in [6, 6.07) is 86.7. The Morgan fingerprint density at radius 2 is 1.03 bits per heavy atom. The van der Waals surface area contributed by atoms with Crippen LogP contribution < -0.4 is 14.5 Å². The zero-order valence-electron chi connectivity index (χ0n) is 39.7. The smallest absolute Gasteiger partial charge is 0.159 e. The van der Waals surface area contributed by atoms with Crippen molar-refractivity contribution in [1.29, 1.82) is 0 Å². The predicted molar refractivity (Wildman–Crippen MR) is 293 cm³/mol. The van der Waals surface area contributed by atoms with E-state index in [1.54, 1.807) is 0 Å². The zero-order chi connectivity index (χ0) is 47.3. The minimum atomic E-state index is -0.435. The molecule has 2 atom stereocenters. The topological polar surface area (TPSA) is 15.7 Å². The van der Waals surface area contributed by atoms with Gasteiger partial charge in [0.05, 0.1) is 16.8 Å². The molecule has 3 aliphatic carbocycles. The first-order valence-electron chi connectivity index (χ1n) is 24.9. The molecule has 0 saturated carbocycles. The Morgan fingerprint density at radius 3 is 1.75 bits per heavy atom. The van der Waals surface area contributed by atoms with E-state index in [1.165, 1.54) is 44.5 Å². The van der Waals surface area contributed by atoms with Gasteiger partial charge in [0.2, 0.25) is 0 Å². The van der Waals surface area contributed by atoms with E-state index in [-0.39, 0.29) is 17.3 Å². The van der Waals surface area contributed by atoms with Crippen molar-refractivity contribution in [2.45, 2.75) is 30.6 Å². The van der Waals surface area contributed by atoms with Crippen molar-refractivity contribution < 1.29 is 4.74 Å². The summed E-state index contributed by atoms with van der Waals surface area (Å²) in [6.45, 7) is 4.75. The lowest BCUT2D eigenvalue weighted by molar-refractivity contribution is 0.453. The standard InChI is InChI=1S/C68H50N2O/c1-67(2)58-34-17-15-29-51(58)53-39-37-49(43-60(53)67)70(50-38-40-54-52-30-16-18-35-59(52)68(61(54)44-50,45-21-7-3-8-22-45)46-23-9-4-10-24-46)62-41-42-64-65-55(31-19-33-57(62)65)56-32-20-36-63(66(56)71-64)69(47-25-11-5-12-26-47)48-27-13-6-14-28-48/h3-44,54,61H,1-2H3. The van der Waals surface area contributed by atoms with Crippen LogP contribution in [0.25, 0.3) is 33.0 Å². The number of benzene rings is 10. The number of hydrogen-bond donors (Lipinski definition) is 0. The summed E-state index contributed by atoms with van der Waals surface area (Å²) in [5.74, 6) is 1.94. The summed E-state index contributed by atoms with van der Waals surface area (Å²) < 4.78 is 7.24. The third-order valence-electron chi connectivity index (χ3n) is 16.0. The van der Waals surface area contributed by atoms with Crippen LogP contribution in [0.4, 0.5) is 28.4 Å². The largest absolute Gasteiger partial charge is 0.454 e. The van der Waals surface area contributed by atoms with Gasteiger partial charge in [0.15, 0.2) is 5.75 Å². The Kier molecular flexibility index (Phi) is 9.28. The number of anilines is 5. The lowest BCUT2D eigenvalue weighted by atomic mass is 9.63. The van der Waals surface area contributed by atoms with E-state index in [2.05, 4.69) is 278 Å². The number of para-hydroxylation sites is 3. The van der Waals surface area contributed by atoms with Crippen LogP contribution in [0.15, 0.2) is 261 Å². The molecule has 0 fully saturated rings. The van der Waals surface area contributed by atoms with Crippen LogP contribution in [-0.4, -0.2) is 0 Å². The fourth-order valence-electron chi connectivity index (χ4n) is 12.9. The molecule has 1 heterocycles. The average molecular weight is 911 g/mol. The van der Waals surface area contributed by atoms with Crippen LogP contribution in [0.2, 0.25) is 0 Å². The second-order valence-corrected chi connectivity index (χ2v) is 19.9. The molecule has 338 valence electrons. The van der Waals surface area contributed by atoms with Gasteiger partial charge < -0.3 is 14.5 Å². The van der Waals surface area contributed by atoms with Gasteiger partial charge in [-0.05, 0) is 111 Å². The quantitative estimate of drug-likeness (QED) is 0.151. The molecule has 2 unspecified atom stereocenters. The van der Waals surface area contributed by atoms with E-state index in [0.717, 1.165) is 67.5 Å². The number of hydrogen-bond acceptors (Lipinski definition) is 3. The molecule has 3 heteroatoms. The highest BCUT2D eigenvalue weighted by molar-refractivity contribution is 6.11. The monoisotopic (exact) mass is 910 g/mol. The minimum absolute atomic E-state index is 0.0770. The van der Waals surface area contributed by atoms with Gasteiger partial charge in [0.1, 0.15) is 5.75 Å². The Balaban J connectivity index is 0.991. The number of allylic oxidation sites excluding steroid dienone is 3. The lowest BCUT2D eigenvalue weighted by Gasteiger charge is -2.40. The number of ether oxygens (including phenoxy) is 1. The van der Waals surface area contributed by atoms with E-state index in [4.69, 9.17) is 4.74 Å². The summed E-state index contributed by atoms with van der Waals surface area (Å²) >= 11 is 0. The van der Waals surface area contributed by atoms with E-state index >= 15 is 0 Å². The van der Waals surface area contributed by atoms with Crippen LogP contribution in [-0.2, 0) is 10.8 Å². The van der Waals surface area contributed by atoms with Gasteiger partial charge in [-0.2, -0.15) is 0 Å². The molecule has 0 N–H and O–H groups in total. The van der Waals surface area contributed by atoms with Crippen LogP contribution in [0.3, 0.4) is 0 Å². The van der Waals surface area contributed by atoms with Crippen molar-refractivity contribution >= 4 is 39.2 Å². The number of fused-ring (bicyclic) bond motifs is 8. The maximum atomic E-state index is 7.24. The van der Waals surface area contributed by atoms with Gasteiger partial charge >= 0.3 is 0 Å². The molecular formula is C68H50N2O. The Hall–Kier alpha value is -8.66. The molecule has 0 aromatic heterocycles. The lowest BCUT2D eigenvalue weighted by Crippen LogP contribution is -2.36. The van der Waals surface area contributed by atoms with Crippen LogP contribution in [0, 0.1) is 5.92 Å². The molecule has 0 amide bonds. The van der Waals surface area contributed by atoms with Gasteiger partial charge in [0.25, 0.3) is 0 Å². The van der Waals surface area contributed by atoms with Crippen molar-refractivity contribution in [1.82, 2.24) is 0 Å². The average Bonchev–Trinajstić information content (AvgIpc) is 3.85. The first kappa shape index (κ1) is 41.3. The Morgan fingerprint density at radius 1 is 0.437 bits per heavy atom. The van der Waals surface area contributed by atoms with E-state index in [1.807, 2.05) is 0 Å². The van der Waals surface area contributed by atoms with Crippen molar-refractivity contribution in [3.8, 4) is 33.8 Å². The third-order valence-corrected chi connectivity index (χ3v) is 16.0.